The van der Waals surface area contributed by atoms with Gasteiger partial charge in [-0.25, -0.2) is 19.7 Å². The molecule has 0 radical (unpaired) electrons. The van der Waals surface area contributed by atoms with Crippen molar-refractivity contribution in [1.82, 2.24) is 19.9 Å². The topological polar surface area (TPSA) is 91.8 Å². The number of carbonyl (C=O) groups is 1. The Balaban J connectivity index is 0.000000321. The second-order valence-electron chi connectivity index (χ2n) is 5.10. The number of aryl methyl sites for hydroxylation is 1. The Hall–Kier alpha value is -3.18. The van der Waals surface area contributed by atoms with Crippen LogP contribution in [0.5, 0.6) is 0 Å². The molecule has 0 atom stereocenters. The number of aromatic amines is 1. The van der Waals surface area contributed by atoms with E-state index in [0.29, 0.717) is 17.0 Å². The SMILES string of the molecule is Cc1nc2nc(-c3ccccc3C(F)(F)F)ncc2[nH]1.O=C(O)C(F)(F)F. The van der Waals surface area contributed by atoms with E-state index >= 15 is 0 Å². The molecule has 0 amide bonds. The lowest BCUT2D eigenvalue weighted by Gasteiger charge is -2.11. The van der Waals surface area contributed by atoms with Gasteiger partial charge in [0.1, 0.15) is 11.3 Å². The number of benzene rings is 1. The van der Waals surface area contributed by atoms with Gasteiger partial charge < -0.3 is 10.1 Å². The van der Waals surface area contributed by atoms with Gasteiger partial charge in [0.2, 0.25) is 0 Å². The van der Waals surface area contributed by atoms with Gasteiger partial charge in [-0.1, -0.05) is 18.2 Å². The lowest BCUT2D eigenvalue weighted by molar-refractivity contribution is -0.192. The van der Waals surface area contributed by atoms with Gasteiger partial charge in [0.05, 0.1) is 11.8 Å². The summed E-state index contributed by atoms with van der Waals surface area (Å²) >= 11 is 0. The number of nitrogens with one attached hydrogen (secondary N) is 1. The zero-order valence-corrected chi connectivity index (χ0v) is 13.4. The number of H-pyrrole nitrogens is 1. The molecule has 0 unspecified atom stereocenters. The number of carboxylic acid groups (broad SMARTS) is 1. The lowest BCUT2D eigenvalue weighted by Crippen LogP contribution is -2.21. The molecule has 0 spiro atoms. The van der Waals surface area contributed by atoms with Crippen molar-refractivity contribution in [3.8, 4) is 11.4 Å². The normalized spacial score (nSPS) is 11.8. The summed E-state index contributed by atoms with van der Waals surface area (Å²) in [5.74, 6) is -2.11. The Labute approximate surface area is 146 Å². The quantitative estimate of drug-likeness (QED) is 0.612. The average Bonchev–Trinajstić information content (AvgIpc) is 2.92. The summed E-state index contributed by atoms with van der Waals surface area (Å²) in [6.07, 6.45) is -8.10. The van der Waals surface area contributed by atoms with Crippen molar-refractivity contribution in [2.24, 2.45) is 0 Å². The molecule has 2 heterocycles. The molecule has 12 heteroatoms. The van der Waals surface area contributed by atoms with E-state index in [9.17, 15) is 26.3 Å². The molecule has 0 bridgehead atoms. The predicted molar refractivity (Wildman–Crippen MR) is 80.5 cm³/mol. The summed E-state index contributed by atoms with van der Waals surface area (Å²) in [5, 5.41) is 7.12. The minimum atomic E-state index is -5.08. The number of imidazole rings is 1. The van der Waals surface area contributed by atoms with Crippen LogP contribution in [0, 0.1) is 6.92 Å². The molecule has 3 rings (SSSR count). The molecule has 0 fully saturated rings. The number of nitrogens with zero attached hydrogens (tertiary/aromatic N) is 3. The highest BCUT2D eigenvalue weighted by atomic mass is 19.4. The van der Waals surface area contributed by atoms with Crippen LogP contribution in [0.15, 0.2) is 30.5 Å². The largest absolute Gasteiger partial charge is 0.490 e. The van der Waals surface area contributed by atoms with Crippen molar-refractivity contribution in [1.29, 1.82) is 0 Å². The number of hydrogen-bond donors (Lipinski definition) is 2. The molecule has 2 aromatic heterocycles. The van der Waals surface area contributed by atoms with E-state index in [2.05, 4.69) is 19.9 Å². The highest BCUT2D eigenvalue weighted by Crippen LogP contribution is 2.35. The molecular formula is C15H10F6N4O2. The van der Waals surface area contributed by atoms with Crippen LogP contribution in [-0.4, -0.2) is 37.2 Å². The van der Waals surface area contributed by atoms with E-state index in [1.54, 1.807) is 6.92 Å². The number of aliphatic carboxylic acids is 1. The molecule has 0 aliphatic heterocycles. The summed E-state index contributed by atoms with van der Waals surface area (Å²) in [4.78, 5) is 24.0. The monoisotopic (exact) mass is 392 g/mol. The summed E-state index contributed by atoms with van der Waals surface area (Å²) in [6, 6.07) is 5.22. The van der Waals surface area contributed by atoms with Gasteiger partial charge in [-0.2, -0.15) is 26.3 Å². The van der Waals surface area contributed by atoms with E-state index in [-0.39, 0.29) is 11.4 Å². The van der Waals surface area contributed by atoms with Gasteiger partial charge in [0, 0.05) is 5.56 Å². The van der Waals surface area contributed by atoms with Crippen molar-refractivity contribution >= 4 is 17.1 Å². The van der Waals surface area contributed by atoms with Crippen molar-refractivity contribution in [2.45, 2.75) is 19.3 Å². The Kier molecular flexibility index (Phi) is 5.38. The fourth-order valence-corrected chi connectivity index (χ4v) is 1.98. The molecule has 0 saturated heterocycles. The molecule has 0 aliphatic carbocycles. The van der Waals surface area contributed by atoms with Crippen LogP contribution in [0.3, 0.4) is 0 Å². The number of carboxylic acids is 1. The minimum absolute atomic E-state index is 0.0110. The summed E-state index contributed by atoms with van der Waals surface area (Å²) in [6.45, 7) is 1.74. The number of alkyl halides is 6. The Morgan fingerprint density at radius 3 is 2.22 bits per heavy atom. The second-order valence-corrected chi connectivity index (χ2v) is 5.10. The highest BCUT2D eigenvalue weighted by Gasteiger charge is 2.38. The van der Waals surface area contributed by atoms with Crippen LogP contribution >= 0.6 is 0 Å². The molecule has 0 saturated carbocycles. The number of halogens is 6. The minimum Gasteiger partial charge on any atom is -0.475 e. The highest BCUT2D eigenvalue weighted by molar-refractivity contribution is 5.73. The first-order valence-electron chi connectivity index (χ1n) is 7.05. The maximum Gasteiger partial charge on any atom is 0.490 e. The van der Waals surface area contributed by atoms with Gasteiger partial charge in [-0.05, 0) is 13.0 Å². The third-order valence-corrected chi connectivity index (χ3v) is 3.07. The zero-order chi connectivity index (χ0) is 20.4. The van der Waals surface area contributed by atoms with Crippen molar-refractivity contribution in [3.63, 3.8) is 0 Å². The smallest absolute Gasteiger partial charge is 0.475 e. The van der Waals surface area contributed by atoms with Crippen molar-refractivity contribution in [3.05, 3.63) is 41.9 Å². The number of rotatable bonds is 1. The maximum atomic E-state index is 13.0. The maximum absolute atomic E-state index is 13.0. The van der Waals surface area contributed by atoms with Crippen LogP contribution in [0.4, 0.5) is 26.3 Å². The molecular weight excluding hydrogens is 382 g/mol. The Morgan fingerprint density at radius 2 is 1.67 bits per heavy atom. The number of fused-ring (bicyclic) bond motifs is 1. The molecule has 6 nitrogen and oxygen atoms in total. The molecule has 144 valence electrons. The van der Waals surface area contributed by atoms with Crippen LogP contribution in [0.25, 0.3) is 22.6 Å². The van der Waals surface area contributed by atoms with E-state index in [1.165, 1.54) is 24.4 Å². The lowest BCUT2D eigenvalue weighted by atomic mass is 10.1. The van der Waals surface area contributed by atoms with E-state index < -0.39 is 23.9 Å². The fourth-order valence-electron chi connectivity index (χ4n) is 1.98. The van der Waals surface area contributed by atoms with Crippen molar-refractivity contribution in [2.75, 3.05) is 0 Å². The first-order valence-corrected chi connectivity index (χ1v) is 7.05. The summed E-state index contributed by atoms with van der Waals surface area (Å²) in [5.41, 5.74) is 0.134. The van der Waals surface area contributed by atoms with E-state index in [1.807, 2.05) is 0 Å². The zero-order valence-electron chi connectivity index (χ0n) is 13.4. The molecule has 1 aromatic carbocycles. The Bertz CT molecular complexity index is 965. The van der Waals surface area contributed by atoms with Gasteiger partial charge in [-0.3, -0.25) is 0 Å². The van der Waals surface area contributed by atoms with E-state index in [0.717, 1.165) is 6.07 Å². The molecule has 3 aromatic rings. The van der Waals surface area contributed by atoms with E-state index in [4.69, 9.17) is 9.90 Å². The summed E-state index contributed by atoms with van der Waals surface area (Å²) in [7, 11) is 0. The first kappa shape index (κ1) is 20.1. The Morgan fingerprint density at radius 1 is 1.07 bits per heavy atom. The fraction of sp³-hybridized carbons (Fsp3) is 0.200. The third-order valence-electron chi connectivity index (χ3n) is 3.07. The van der Waals surface area contributed by atoms with Crippen LogP contribution in [0.1, 0.15) is 11.4 Å². The number of aromatic nitrogens is 4. The average molecular weight is 392 g/mol. The molecule has 0 aliphatic rings. The van der Waals surface area contributed by atoms with Crippen molar-refractivity contribution < 1.29 is 36.2 Å². The van der Waals surface area contributed by atoms with Gasteiger partial charge in [-0.15, -0.1) is 0 Å². The third kappa shape index (κ3) is 4.92. The first-order chi connectivity index (χ1) is 12.4. The van der Waals surface area contributed by atoms with Crippen LogP contribution in [0.2, 0.25) is 0 Å². The van der Waals surface area contributed by atoms with Crippen LogP contribution in [-0.2, 0) is 11.0 Å². The predicted octanol–water partition coefficient (Wildman–Crippen LogP) is 3.98. The molecule has 27 heavy (non-hydrogen) atoms. The second kappa shape index (κ2) is 7.21. The van der Waals surface area contributed by atoms with Gasteiger partial charge in [0.15, 0.2) is 11.5 Å². The molecule has 2 N–H and O–H groups in total. The summed E-state index contributed by atoms with van der Waals surface area (Å²) < 4.78 is 70.7. The number of hydrogen-bond acceptors (Lipinski definition) is 4. The van der Waals surface area contributed by atoms with Gasteiger partial charge >= 0.3 is 18.3 Å². The van der Waals surface area contributed by atoms with Crippen LogP contribution < -0.4 is 0 Å². The van der Waals surface area contributed by atoms with Gasteiger partial charge in [0.25, 0.3) is 0 Å². The standard InChI is InChI=1S/C13H9F3N4.C2HF3O2/c1-7-18-10-6-17-11(20-12(10)19-7)8-4-2-3-5-9(8)13(14,15)16;3-2(4,5)1(6)7/h2-6H,1H3,(H,17,18,19,20);(H,6,7).